The van der Waals surface area contributed by atoms with E-state index in [-0.39, 0.29) is 28.6 Å². The van der Waals surface area contributed by atoms with Gasteiger partial charge in [-0.3, -0.25) is 14.8 Å². The minimum absolute atomic E-state index is 0.158. The van der Waals surface area contributed by atoms with Crippen LogP contribution < -0.4 is 4.72 Å². The summed E-state index contributed by atoms with van der Waals surface area (Å²) >= 11 is 0. The number of hydrogen-bond acceptors (Lipinski definition) is 5. The van der Waals surface area contributed by atoms with Crippen molar-refractivity contribution in [1.29, 1.82) is 0 Å². The van der Waals surface area contributed by atoms with Crippen LogP contribution in [-0.4, -0.2) is 30.2 Å². The third-order valence-corrected chi connectivity index (χ3v) is 3.98. The zero-order chi connectivity index (χ0) is 16.2. The smallest absolute Gasteiger partial charge is 0.337 e. The summed E-state index contributed by atoms with van der Waals surface area (Å²) in [5, 5.41) is 19.7. The Morgan fingerprint density at radius 2 is 2.05 bits per heavy atom. The van der Waals surface area contributed by atoms with Crippen molar-refractivity contribution in [2.24, 2.45) is 5.92 Å². The number of nitro benzene ring substituents is 1. The summed E-state index contributed by atoms with van der Waals surface area (Å²) in [4.78, 5) is 21.0. The standard InChI is InChI=1S/C12H16N2O6S/c1-8(2)5-6-21(19,20)13-11-7-9(14(17)18)3-4-10(11)12(15)16/h3-4,7-8,13H,5-6H2,1-2H3,(H,15,16). The average molecular weight is 316 g/mol. The number of benzene rings is 1. The third-order valence-electron chi connectivity index (χ3n) is 2.67. The molecule has 0 aliphatic rings. The van der Waals surface area contributed by atoms with Gasteiger partial charge in [0.1, 0.15) is 0 Å². The fourth-order valence-corrected chi connectivity index (χ4v) is 2.91. The second-order valence-electron chi connectivity index (χ2n) is 4.90. The molecule has 0 aliphatic heterocycles. The first-order chi connectivity index (χ1) is 9.62. The van der Waals surface area contributed by atoms with Crippen LogP contribution in [0.3, 0.4) is 0 Å². The fourth-order valence-electron chi connectivity index (χ4n) is 1.53. The largest absolute Gasteiger partial charge is 0.478 e. The number of aromatic carboxylic acids is 1. The van der Waals surface area contributed by atoms with Crippen LogP contribution in [0, 0.1) is 16.0 Å². The molecule has 0 spiro atoms. The summed E-state index contributed by atoms with van der Waals surface area (Å²) in [6.07, 6.45) is 0.396. The van der Waals surface area contributed by atoms with Gasteiger partial charge in [0.05, 0.1) is 21.9 Å². The molecule has 0 aliphatic carbocycles. The summed E-state index contributed by atoms with van der Waals surface area (Å²) in [5.41, 5.74) is -1.03. The lowest BCUT2D eigenvalue weighted by Crippen LogP contribution is -2.19. The number of non-ortho nitro benzene ring substituents is 1. The Labute approximate surface area is 122 Å². The molecule has 0 saturated heterocycles. The van der Waals surface area contributed by atoms with Crippen molar-refractivity contribution in [3.63, 3.8) is 0 Å². The minimum Gasteiger partial charge on any atom is -0.478 e. The molecule has 9 heteroatoms. The highest BCUT2D eigenvalue weighted by Crippen LogP contribution is 2.24. The predicted molar refractivity (Wildman–Crippen MR) is 76.9 cm³/mol. The van der Waals surface area contributed by atoms with Crippen molar-refractivity contribution in [2.75, 3.05) is 10.5 Å². The molecule has 0 amide bonds. The highest BCUT2D eigenvalue weighted by molar-refractivity contribution is 7.92. The van der Waals surface area contributed by atoms with E-state index in [0.29, 0.717) is 6.42 Å². The molecule has 8 nitrogen and oxygen atoms in total. The zero-order valence-electron chi connectivity index (χ0n) is 11.6. The van der Waals surface area contributed by atoms with Gasteiger partial charge < -0.3 is 5.11 Å². The molecule has 116 valence electrons. The van der Waals surface area contributed by atoms with Crippen LogP contribution in [-0.2, 0) is 10.0 Å². The van der Waals surface area contributed by atoms with Crippen molar-refractivity contribution in [1.82, 2.24) is 0 Å². The SMILES string of the molecule is CC(C)CCS(=O)(=O)Nc1cc([N+](=O)[O-])ccc1C(=O)O. The topological polar surface area (TPSA) is 127 Å². The van der Waals surface area contributed by atoms with E-state index in [4.69, 9.17) is 5.11 Å². The molecule has 0 saturated carbocycles. The van der Waals surface area contributed by atoms with Crippen LogP contribution in [0.5, 0.6) is 0 Å². The van der Waals surface area contributed by atoms with E-state index in [1.807, 2.05) is 13.8 Å². The summed E-state index contributed by atoms with van der Waals surface area (Å²) < 4.78 is 25.9. The van der Waals surface area contributed by atoms with Crippen LogP contribution in [0.2, 0.25) is 0 Å². The van der Waals surface area contributed by atoms with Crippen molar-refractivity contribution in [3.05, 3.63) is 33.9 Å². The number of anilines is 1. The molecule has 0 radical (unpaired) electrons. The number of nitrogens with one attached hydrogen (secondary N) is 1. The van der Waals surface area contributed by atoms with E-state index >= 15 is 0 Å². The first-order valence-electron chi connectivity index (χ1n) is 6.14. The number of nitro groups is 1. The quantitative estimate of drug-likeness (QED) is 0.585. The molecule has 0 heterocycles. The van der Waals surface area contributed by atoms with Crippen molar-refractivity contribution in [2.45, 2.75) is 20.3 Å². The highest BCUT2D eigenvalue weighted by Gasteiger charge is 2.20. The summed E-state index contributed by atoms with van der Waals surface area (Å²) in [7, 11) is -3.76. The Bertz CT molecular complexity index is 654. The molecule has 0 unspecified atom stereocenters. The van der Waals surface area contributed by atoms with Crippen LogP contribution in [0.25, 0.3) is 0 Å². The van der Waals surface area contributed by atoms with Gasteiger partial charge in [0, 0.05) is 12.1 Å². The number of sulfonamides is 1. The van der Waals surface area contributed by atoms with Crippen molar-refractivity contribution >= 4 is 27.4 Å². The first kappa shape index (κ1) is 16.9. The Kier molecular flexibility index (Phi) is 5.25. The van der Waals surface area contributed by atoms with E-state index in [1.54, 1.807) is 0 Å². The van der Waals surface area contributed by atoms with Gasteiger partial charge in [-0.1, -0.05) is 13.8 Å². The maximum atomic E-state index is 11.9. The Morgan fingerprint density at radius 1 is 1.43 bits per heavy atom. The number of carboxylic acid groups (broad SMARTS) is 1. The Balaban J connectivity index is 3.12. The molecule has 0 atom stereocenters. The first-order valence-corrected chi connectivity index (χ1v) is 7.80. The molecule has 0 fully saturated rings. The third kappa shape index (κ3) is 5.03. The maximum Gasteiger partial charge on any atom is 0.337 e. The number of carbonyl (C=O) groups is 1. The van der Waals surface area contributed by atoms with Gasteiger partial charge in [-0.05, 0) is 18.4 Å². The Hall–Kier alpha value is -2.16. The monoisotopic (exact) mass is 316 g/mol. The van der Waals surface area contributed by atoms with Crippen LogP contribution in [0.4, 0.5) is 11.4 Å². The molecule has 1 aromatic carbocycles. The number of carboxylic acids is 1. The summed E-state index contributed by atoms with van der Waals surface area (Å²) in [5.74, 6) is -1.40. The second kappa shape index (κ2) is 6.53. The Morgan fingerprint density at radius 3 is 2.52 bits per heavy atom. The van der Waals surface area contributed by atoms with Crippen LogP contribution in [0.1, 0.15) is 30.6 Å². The van der Waals surface area contributed by atoms with E-state index in [9.17, 15) is 23.3 Å². The normalized spacial score (nSPS) is 11.4. The molecule has 1 rings (SSSR count). The van der Waals surface area contributed by atoms with Gasteiger partial charge in [-0.2, -0.15) is 0 Å². The van der Waals surface area contributed by atoms with Crippen molar-refractivity contribution in [3.8, 4) is 0 Å². The minimum atomic E-state index is -3.76. The van der Waals surface area contributed by atoms with Gasteiger partial charge in [0.15, 0.2) is 0 Å². The highest BCUT2D eigenvalue weighted by atomic mass is 32.2. The van der Waals surface area contributed by atoms with E-state index in [2.05, 4.69) is 4.72 Å². The lowest BCUT2D eigenvalue weighted by atomic mass is 10.1. The molecule has 0 bridgehead atoms. The lowest BCUT2D eigenvalue weighted by Gasteiger charge is -2.11. The second-order valence-corrected chi connectivity index (χ2v) is 6.74. The predicted octanol–water partition coefficient (Wildman–Crippen LogP) is 2.08. The van der Waals surface area contributed by atoms with E-state index in [1.165, 1.54) is 0 Å². The van der Waals surface area contributed by atoms with E-state index < -0.39 is 20.9 Å². The molecule has 0 aromatic heterocycles. The zero-order valence-corrected chi connectivity index (χ0v) is 12.4. The number of hydrogen-bond donors (Lipinski definition) is 2. The fraction of sp³-hybridized carbons (Fsp3) is 0.417. The summed E-state index contributed by atoms with van der Waals surface area (Å²) in [6, 6.07) is 2.91. The average Bonchev–Trinajstić information content (AvgIpc) is 2.35. The molecule has 21 heavy (non-hydrogen) atoms. The summed E-state index contributed by atoms with van der Waals surface area (Å²) in [6.45, 7) is 3.71. The molecule has 1 aromatic rings. The van der Waals surface area contributed by atoms with Gasteiger partial charge in [0.25, 0.3) is 5.69 Å². The van der Waals surface area contributed by atoms with Gasteiger partial charge in [-0.25, -0.2) is 13.2 Å². The van der Waals surface area contributed by atoms with Gasteiger partial charge in [-0.15, -0.1) is 0 Å². The maximum absolute atomic E-state index is 11.9. The number of nitrogens with zero attached hydrogens (tertiary/aromatic N) is 1. The van der Waals surface area contributed by atoms with Crippen molar-refractivity contribution < 1.29 is 23.2 Å². The van der Waals surface area contributed by atoms with E-state index in [0.717, 1.165) is 18.2 Å². The number of rotatable bonds is 7. The lowest BCUT2D eigenvalue weighted by molar-refractivity contribution is -0.384. The van der Waals surface area contributed by atoms with Crippen LogP contribution in [0.15, 0.2) is 18.2 Å². The van der Waals surface area contributed by atoms with Crippen LogP contribution >= 0.6 is 0 Å². The molecular formula is C12H16N2O6S. The molecular weight excluding hydrogens is 300 g/mol. The van der Waals surface area contributed by atoms with Gasteiger partial charge >= 0.3 is 5.97 Å². The molecule has 2 N–H and O–H groups in total. The van der Waals surface area contributed by atoms with Gasteiger partial charge in [0.2, 0.25) is 10.0 Å².